The molecule has 2 amide bonds. The van der Waals surface area contributed by atoms with E-state index in [9.17, 15) is 9.59 Å². The molecule has 0 bridgehead atoms. The Hall–Kier alpha value is -1.30. The van der Waals surface area contributed by atoms with Crippen molar-refractivity contribution >= 4 is 12.0 Å². The number of nitrogens with zero attached hydrogens (tertiary/aromatic N) is 1. The lowest BCUT2D eigenvalue weighted by molar-refractivity contribution is -0.121. The monoisotopic (exact) mass is 299 g/mol. The predicted octanol–water partition coefficient (Wildman–Crippen LogP) is 1.63. The first-order chi connectivity index (χ1) is 9.78. The van der Waals surface area contributed by atoms with Crippen molar-refractivity contribution in [3.8, 4) is 0 Å². The van der Waals surface area contributed by atoms with Gasteiger partial charge in [0.2, 0.25) is 5.91 Å². The number of hydrogen-bond donors (Lipinski definition) is 2. The van der Waals surface area contributed by atoms with Crippen LogP contribution in [0.4, 0.5) is 4.79 Å². The van der Waals surface area contributed by atoms with Gasteiger partial charge in [0.05, 0.1) is 12.6 Å². The summed E-state index contributed by atoms with van der Waals surface area (Å²) in [4.78, 5) is 25.6. The Morgan fingerprint density at radius 1 is 1.29 bits per heavy atom. The van der Waals surface area contributed by atoms with Crippen molar-refractivity contribution in [1.82, 2.24) is 10.2 Å². The Balaban J connectivity index is 2.79. The largest absolute Gasteiger partial charge is 0.444 e. The topological polar surface area (TPSA) is 84.7 Å². The molecule has 0 aliphatic heterocycles. The highest BCUT2D eigenvalue weighted by Gasteiger charge is 2.34. The van der Waals surface area contributed by atoms with Gasteiger partial charge in [0.1, 0.15) is 5.60 Å². The summed E-state index contributed by atoms with van der Waals surface area (Å²) in [6.07, 6.45) is 3.54. The normalized spacial score (nSPS) is 22.5. The highest BCUT2D eigenvalue weighted by molar-refractivity contribution is 5.78. The number of nitrogens with one attached hydrogen (secondary N) is 1. The Kier molecular flexibility index (Phi) is 6.45. The van der Waals surface area contributed by atoms with Crippen molar-refractivity contribution in [2.75, 3.05) is 13.1 Å². The second-order valence-electron chi connectivity index (χ2n) is 6.50. The molecule has 21 heavy (non-hydrogen) atoms. The van der Waals surface area contributed by atoms with E-state index in [1.807, 2.05) is 27.7 Å². The van der Waals surface area contributed by atoms with Gasteiger partial charge < -0.3 is 20.7 Å². The van der Waals surface area contributed by atoms with E-state index < -0.39 is 5.60 Å². The number of carbonyl (C=O) groups is 2. The molecule has 6 heteroatoms. The maximum atomic E-state index is 12.4. The maximum absolute atomic E-state index is 12.4. The Morgan fingerprint density at radius 3 is 2.43 bits per heavy atom. The van der Waals surface area contributed by atoms with E-state index in [4.69, 9.17) is 10.5 Å². The van der Waals surface area contributed by atoms with Crippen molar-refractivity contribution in [1.29, 1.82) is 0 Å². The molecule has 1 fully saturated rings. The van der Waals surface area contributed by atoms with E-state index in [1.165, 1.54) is 0 Å². The van der Waals surface area contributed by atoms with Gasteiger partial charge in [0.15, 0.2) is 0 Å². The summed E-state index contributed by atoms with van der Waals surface area (Å²) in [5, 5.41) is 2.94. The van der Waals surface area contributed by atoms with E-state index in [1.54, 1.807) is 4.90 Å². The lowest BCUT2D eigenvalue weighted by Crippen LogP contribution is -2.56. The van der Waals surface area contributed by atoms with Crippen LogP contribution in [0.3, 0.4) is 0 Å². The van der Waals surface area contributed by atoms with E-state index in [2.05, 4.69) is 5.32 Å². The van der Waals surface area contributed by atoms with Crippen LogP contribution in [0.15, 0.2) is 0 Å². The van der Waals surface area contributed by atoms with Crippen LogP contribution in [0.25, 0.3) is 0 Å². The lowest BCUT2D eigenvalue weighted by Gasteiger charge is -2.40. The SMILES string of the molecule is CCN(C(=O)OC(C)(C)C)[C@H]1CCCC[C@H]1NC(=O)CN. The van der Waals surface area contributed by atoms with Gasteiger partial charge in [0.25, 0.3) is 0 Å². The summed E-state index contributed by atoms with van der Waals surface area (Å²) in [7, 11) is 0. The van der Waals surface area contributed by atoms with Crippen molar-refractivity contribution in [3.05, 3.63) is 0 Å². The summed E-state index contributed by atoms with van der Waals surface area (Å²) in [6.45, 7) is 8.03. The Labute approximate surface area is 127 Å². The summed E-state index contributed by atoms with van der Waals surface area (Å²) in [6, 6.07) is -0.0589. The smallest absolute Gasteiger partial charge is 0.410 e. The lowest BCUT2D eigenvalue weighted by atomic mass is 9.89. The average molecular weight is 299 g/mol. The second kappa shape index (κ2) is 7.64. The fraction of sp³-hybridized carbons (Fsp3) is 0.867. The third-order valence-corrected chi connectivity index (χ3v) is 3.63. The number of likely N-dealkylation sites (N-methyl/N-ethyl adjacent to an activating group) is 1. The predicted molar refractivity (Wildman–Crippen MR) is 81.9 cm³/mol. The fourth-order valence-corrected chi connectivity index (χ4v) is 2.74. The van der Waals surface area contributed by atoms with E-state index in [0.29, 0.717) is 6.54 Å². The van der Waals surface area contributed by atoms with E-state index in [0.717, 1.165) is 25.7 Å². The molecule has 0 aromatic heterocycles. The zero-order chi connectivity index (χ0) is 16.0. The molecule has 122 valence electrons. The molecule has 0 saturated heterocycles. The van der Waals surface area contributed by atoms with Crippen molar-refractivity contribution < 1.29 is 14.3 Å². The molecular weight excluding hydrogens is 270 g/mol. The third kappa shape index (κ3) is 5.53. The van der Waals surface area contributed by atoms with Gasteiger partial charge >= 0.3 is 6.09 Å². The standard InChI is InChI=1S/C15H29N3O3/c1-5-18(14(20)21-15(2,3)4)12-9-7-6-8-11(12)17-13(19)10-16/h11-12H,5-10,16H2,1-4H3,(H,17,19)/t11-,12+/m1/s1. The first-order valence-corrected chi connectivity index (χ1v) is 7.77. The highest BCUT2D eigenvalue weighted by atomic mass is 16.6. The molecule has 0 aromatic carbocycles. The molecule has 1 aliphatic carbocycles. The van der Waals surface area contributed by atoms with E-state index in [-0.39, 0.29) is 30.6 Å². The molecule has 0 spiro atoms. The molecule has 2 atom stereocenters. The van der Waals surface area contributed by atoms with Crippen LogP contribution in [0.5, 0.6) is 0 Å². The molecule has 0 radical (unpaired) electrons. The first-order valence-electron chi connectivity index (χ1n) is 7.77. The van der Waals surface area contributed by atoms with Crippen LogP contribution in [0.2, 0.25) is 0 Å². The van der Waals surface area contributed by atoms with Crippen molar-refractivity contribution in [2.24, 2.45) is 5.73 Å². The third-order valence-electron chi connectivity index (χ3n) is 3.63. The number of ether oxygens (including phenoxy) is 1. The number of carbonyl (C=O) groups excluding carboxylic acids is 2. The van der Waals surface area contributed by atoms with Crippen LogP contribution in [0.1, 0.15) is 53.4 Å². The maximum Gasteiger partial charge on any atom is 0.410 e. The summed E-state index contributed by atoms with van der Waals surface area (Å²) >= 11 is 0. The Bertz CT molecular complexity index is 366. The summed E-state index contributed by atoms with van der Waals surface area (Å²) in [5.74, 6) is -0.174. The molecule has 1 rings (SSSR count). The van der Waals surface area contributed by atoms with Crippen molar-refractivity contribution in [3.63, 3.8) is 0 Å². The van der Waals surface area contributed by atoms with Gasteiger partial charge in [-0.2, -0.15) is 0 Å². The molecule has 0 aromatic rings. The minimum atomic E-state index is -0.519. The molecule has 1 aliphatic rings. The number of nitrogens with two attached hydrogens (primary N) is 1. The Morgan fingerprint density at radius 2 is 1.90 bits per heavy atom. The van der Waals surface area contributed by atoms with Crippen LogP contribution < -0.4 is 11.1 Å². The molecule has 3 N–H and O–H groups in total. The number of amides is 2. The van der Waals surface area contributed by atoms with Gasteiger partial charge in [-0.3, -0.25) is 4.79 Å². The van der Waals surface area contributed by atoms with Gasteiger partial charge in [-0.1, -0.05) is 12.8 Å². The van der Waals surface area contributed by atoms with Gasteiger partial charge in [-0.15, -0.1) is 0 Å². The van der Waals surface area contributed by atoms with Crippen molar-refractivity contribution in [2.45, 2.75) is 71.1 Å². The average Bonchev–Trinajstić information content (AvgIpc) is 2.39. The van der Waals surface area contributed by atoms with Crippen LogP contribution >= 0.6 is 0 Å². The zero-order valence-electron chi connectivity index (χ0n) is 13.6. The van der Waals surface area contributed by atoms with Gasteiger partial charge in [0, 0.05) is 12.6 Å². The van der Waals surface area contributed by atoms with Crippen LogP contribution in [0, 0.1) is 0 Å². The van der Waals surface area contributed by atoms with Crippen LogP contribution in [-0.2, 0) is 9.53 Å². The number of hydrogen-bond acceptors (Lipinski definition) is 4. The molecule has 0 unspecified atom stereocenters. The highest BCUT2D eigenvalue weighted by Crippen LogP contribution is 2.25. The van der Waals surface area contributed by atoms with Crippen LogP contribution in [-0.4, -0.2) is 47.7 Å². The van der Waals surface area contributed by atoms with E-state index >= 15 is 0 Å². The molecule has 6 nitrogen and oxygen atoms in total. The quantitative estimate of drug-likeness (QED) is 0.826. The number of rotatable bonds is 4. The first kappa shape index (κ1) is 17.8. The second-order valence-corrected chi connectivity index (χ2v) is 6.50. The minimum absolute atomic E-state index is 0.0194. The minimum Gasteiger partial charge on any atom is -0.444 e. The molecule has 1 saturated carbocycles. The molecule has 0 heterocycles. The summed E-state index contributed by atoms with van der Waals surface area (Å²) in [5.41, 5.74) is 4.85. The summed E-state index contributed by atoms with van der Waals surface area (Å²) < 4.78 is 5.47. The van der Waals surface area contributed by atoms with Gasteiger partial charge in [-0.25, -0.2) is 4.79 Å². The zero-order valence-corrected chi connectivity index (χ0v) is 13.6. The molecular formula is C15H29N3O3. The fourth-order valence-electron chi connectivity index (χ4n) is 2.74. The van der Waals surface area contributed by atoms with Gasteiger partial charge in [-0.05, 0) is 40.5 Å².